The maximum Gasteiger partial charge on any atom is 0.356 e. The van der Waals surface area contributed by atoms with Crippen molar-refractivity contribution < 1.29 is 9.90 Å². The van der Waals surface area contributed by atoms with Gasteiger partial charge in [-0.1, -0.05) is 13.8 Å². The standard InChI is InChI=1S/C12H14N4O2/c1-8(2)6-9-7-10(11(17)18)15-16(9)12-13-4-3-5-14-12/h3-5,7-8H,6H2,1-2H3,(H,17,18). The summed E-state index contributed by atoms with van der Waals surface area (Å²) in [5, 5.41) is 13.0. The lowest BCUT2D eigenvalue weighted by Crippen LogP contribution is -2.09. The second-order valence-corrected chi connectivity index (χ2v) is 4.38. The molecule has 2 aromatic rings. The minimum Gasteiger partial charge on any atom is -0.476 e. The number of aromatic carboxylic acids is 1. The van der Waals surface area contributed by atoms with E-state index in [9.17, 15) is 4.79 Å². The number of hydrogen-bond donors (Lipinski definition) is 1. The van der Waals surface area contributed by atoms with Gasteiger partial charge in [0.15, 0.2) is 5.69 Å². The van der Waals surface area contributed by atoms with Crippen LogP contribution in [0, 0.1) is 5.92 Å². The maximum absolute atomic E-state index is 11.0. The second-order valence-electron chi connectivity index (χ2n) is 4.38. The molecular weight excluding hydrogens is 232 g/mol. The van der Waals surface area contributed by atoms with Crippen molar-refractivity contribution in [2.24, 2.45) is 5.92 Å². The van der Waals surface area contributed by atoms with Crippen LogP contribution >= 0.6 is 0 Å². The van der Waals surface area contributed by atoms with Crippen LogP contribution in [0.3, 0.4) is 0 Å². The first-order valence-corrected chi connectivity index (χ1v) is 5.67. The molecule has 0 amide bonds. The van der Waals surface area contributed by atoms with Crippen molar-refractivity contribution in [2.45, 2.75) is 20.3 Å². The van der Waals surface area contributed by atoms with Gasteiger partial charge in [0, 0.05) is 18.1 Å². The summed E-state index contributed by atoms with van der Waals surface area (Å²) in [5.74, 6) is -0.263. The number of hydrogen-bond acceptors (Lipinski definition) is 4. The van der Waals surface area contributed by atoms with Gasteiger partial charge in [0.2, 0.25) is 0 Å². The van der Waals surface area contributed by atoms with Crippen LogP contribution in [0.15, 0.2) is 24.5 Å². The SMILES string of the molecule is CC(C)Cc1cc(C(=O)O)nn1-c1ncccn1. The Bertz CT molecular complexity index is 548. The Kier molecular flexibility index (Phi) is 3.36. The monoisotopic (exact) mass is 246 g/mol. The fourth-order valence-corrected chi connectivity index (χ4v) is 1.66. The number of aromatic nitrogens is 4. The molecule has 94 valence electrons. The van der Waals surface area contributed by atoms with Crippen molar-refractivity contribution in [3.63, 3.8) is 0 Å². The van der Waals surface area contributed by atoms with Gasteiger partial charge < -0.3 is 5.11 Å². The summed E-state index contributed by atoms with van der Waals surface area (Å²) in [4.78, 5) is 19.1. The summed E-state index contributed by atoms with van der Waals surface area (Å²) >= 11 is 0. The zero-order chi connectivity index (χ0) is 13.1. The van der Waals surface area contributed by atoms with Crippen molar-refractivity contribution >= 4 is 5.97 Å². The number of carboxylic acid groups (broad SMARTS) is 1. The molecule has 1 N–H and O–H groups in total. The van der Waals surface area contributed by atoms with Crippen LogP contribution in [-0.4, -0.2) is 30.8 Å². The molecule has 0 saturated heterocycles. The molecule has 0 radical (unpaired) electrons. The molecule has 0 fully saturated rings. The van der Waals surface area contributed by atoms with Gasteiger partial charge in [0.1, 0.15) is 0 Å². The molecule has 0 aliphatic heterocycles. The van der Waals surface area contributed by atoms with Crippen LogP contribution in [0.25, 0.3) is 5.95 Å². The van der Waals surface area contributed by atoms with Gasteiger partial charge in [-0.25, -0.2) is 19.4 Å². The van der Waals surface area contributed by atoms with E-state index in [1.807, 2.05) is 0 Å². The first kappa shape index (κ1) is 12.2. The van der Waals surface area contributed by atoms with Crippen molar-refractivity contribution in [1.29, 1.82) is 0 Å². The Labute approximate surface area is 104 Å². The Hall–Kier alpha value is -2.24. The lowest BCUT2D eigenvalue weighted by molar-refractivity contribution is 0.0690. The first-order valence-electron chi connectivity index (χ1n) is 5.67. The summed E-state index contributed by atoms with van der Waals surface area (Å²) < 4.78 is 1.49. The summed E-state index contributed by atoms with van der Waals surface area (Å²) in [6.07, 6.45) is 3.92. The molecular formula is C12H14N4O2. The van der Waals surface area contributed by atoms with E-state index in [-0.39, 0.29) is 5.69 Å². The van der Waals surface area contributed by atoms with Gasteiger partial charge in [0.25, 0.3) is 5.95 Å². The number of rotatable bonds is 4. The highest BCUT2D eigenvalue weighted by molar-refractivity contribution is 5.85. The lowest BCUT2D eigenvalue weighted by atomic mass is 10.1. The van der Waals surface area contributed by atoms with Crippen LogP contribution in [0.2, 0.25) is 0 Å². The molecule has 2 heterocycles. The predicted molar refractivity (Wildman–Crippen MR) is 64.7 cm³/mol. The van der Waals surface area contributed by atoms with Crippen molar-refractivity contribution in [1.82, 2.24) is 19.7 Å². The molecule has 0 aliphatic carbocycles. The molecule has 2 rings (SSSR count). The molecule has 0 saturated carbocycles. The van der Waals surface area contributed by atoms with Crippen LogP contribution in [0.5, 0.6) is 0 Å². The topological polar surface area (TPSA) is 80.9 Å². The van der Waals surface area contributed by atoms with Crippen LogP contribution in [0.4, 0.5) is 0 Å². The van der Waals surface area contributed by atoms with E-state index < -0.39 is 5.97 Å². The molecule has 0 bridgehead atoms. The van der Waals surface area contributed by atoms with Crippen LogP contribution < -0.4 is 0 Å². The Balaban J connectivity index is 2.47. The molecule has 6 heteroatoms. The van der Waals surface area contributed by atoms with Crippen molar-refractivity contribution in [2.75, 3.05) is 0 Å². The van der Waals surface area contributed by atoms with Gasteiger partial charge >= 0.3 is 5.97 Å². The average molecular weight is 246 g/mol. The Morgan fingerprint density at radius 2 is 2.06 bits per heavy atom. The van der Waals surface area contributed by atoms with Gasteiger partial charge in [-0.15, -0.1) is 0 Å². The zero-order valence-corrected chi connectivity index (χ0v) is 10.2. The highest BCUT2D eigenvalue weighted by Crippen LogP contribution is 2.13. The van der Waals surface area contributed by atoms with Gasteiger partial charge in [0.05, 0.1) is 0 Å². The van der Waals surface area contributed by atoms with E-state index in [1.165, 1.54) is 4.68 Å². The Morgan fingerprint density at radius 3 is 2.61 bits per heavy atom. The number of carboxylic acids is 1. The third kappa shape index (κ3) is 2.53. The maximum atomic E-state index is 11.0. The zero-order valence-electron chi connectivity index (χ0n) is 10.2. The molecule has 0 atom stereocenters. The van der Waals surface area contributed by atoms with E-state index in [4.69, 9.17) is 5.11 Å². The second kappa shape index (κ2) is 4.95. The minimum absolute atomic E-state index is 0.0121. The van der Waals surface area contributed by atoms with Crippen LogP contribution in [0.1, 0.15) is 30.0 Å². The quantitative estimate of drug-likeness (QED) is 0.885. The highest BCUT2D eigenvalue weighted by Gasteiger charge is 2.16. The normalized spacial score (nSPS) is 10.8. The van der Waals surface area contributed by atoms with Crippen molar-refractivity contribution in [3.05, 3.63) is 35.9 Å². The summed E-state index contributed by atoms with van der Waals surface area (Å²) in [6, 6.07) is 3.27. The number of nitrogens with zero attached hydrogens (tertiary/aromatic N) is 4. The summed E-state index contributed by atoms with van der Waals surface area (Å²) in [5.41, 5.74) is 0.812. The molecule has 0 unspecified atom stereocenters. The largest absolute Gasteiger partial charge is 0.476 e. The van der Waals surface area contributed by atoms with Crippen LogP contribution in [-0.2, 0) is 6.42 Å². The fraction of sp³-hybridized carbons (Fsp3) is 0.333. The molecule has 0 spiro atoms. The third-order valence-corrected chi connectivity index (χ3v) is 2.36. The van der Waals surface area contributed by atoms with Gasteiger partial charge in [-0.2, -0.15) is 5.10 Å². The predicted octanol–water partition coefficient (Wildman–Crippen LogP) is 1.56. The fourth-order valence-electron chi connectivity index (χ4n) is 1.66. The summed E-state index contributed by atoms with van der Waals surface area (Å²) in [6.45, 7) is 4.12. The van der Waals surface area contributed by atoms with E-state index in [1.54, 1.807) is 24.5 Å². The van der Waals surface area contributed by atoms with Gasteiger partial charge in [-0.05, 0) is 24.5 Å². The first-order chi connectivity index (χ1) is 8.58. The molecule has 2 aromatic heterocycles. The van der Waals surface area contributed by atoms with E-state index in [0.717, 1.165) is 12.1 Å². The third-order valence-electron chi connectivity index (χ3n) is 2.36. The molecule has 18 heavy (non-hydrogen) atoms. The average Bonchev–Trinajstić information content (AvgIpc) is 2.73. The van der Waals surface area contributed by atoms with E-state index >= 15 is 0 Å². The highest BCUT2D eigenvalue weighted by atomic mass is 16.4. The van der Waals surface area contributed by atoms with E-state index in [0.29, 0.717) is 11.9 Å². The lowest BCUT2D eigenvalue weighted by Gasteiger charge is -2.06. The Morgan fingerprint density at radius 1 is 1.39 bits per heavy atom. The van der Waals surface area contributed by atoms with Gasteiger partial charge in [-0.3, -0.25) is 0 Å². The van der Waals surface area contributed by atoms with Crippen molar-refractivity contribution in [3.8, 4) is 5.95 Å². The molecule has 0 aliphatic rings. The number of carbonyl (C=O) groups is 1. The smallest absolute Gasteiger partial charge is 0.356 e. The van der Waals surface area contributed by atoms with E-state index in [2.05, 4.69) is 28.9 Å². The molecule has 6 nitrogen and oxygen atoms in total. The molecule has 0 aromatic carbocycles. The minimum atomic E-state index is -1.05. The summed E-state index contributed by atoms with van der Waals surface area (Å²) in [7, 11) is 0.